The average molecular weight is 1450 g/mol. The van der Waals surface area contributed by atoms with Crippen molar-refractivity contribution in [2.24, 2.45) is 11.8 Å². The molecule has 6 heterocycles. The fraction of sp³-hybridized carbons (Fsp3) is 0.159. The minimum atomic E-state index is -0.238. The number of nitrogens with zero attached hydrogens (tertiary/aromatic N) is 5. The van der Waals surface area contributed by atoms with Crippen LogP contribution in [-0.2, 0) is 10.8 Å². The molecule has 2 aliphatic carbocycles. The first kappa shape index (κ1) is 67.3. The van der Waals surface area contributed by atoms with Crippen molar-refractivity contribution in [1.29, 1.82) is 0 Å². The summed E-state index contributed by atoms with van der Waals surface area (Å²) in [5, 5.41) is 4.93. The van der Waals surface area contributed by atoms with Gasteiger partial charge >= 0.3 is 0 Å². The highest BCUT2D eigenvalue weighted by Crippen LogP contribution is 2.57. The third kappa shape index (κ3) is 10.9. The Balaban J connectivity index is 0.908. The van der Waals surface area contributed by atoms with Crippen molar-refractivity contribution >= 4 is 107 Å². The second-order valence-electron chi connectivity index (χ2n) is 34.8. The summed E-state index contributed by atoms with van der Waals surface area (Å²) in [6, 6.07) is 131. The van der Waals surface area contributed by atoms with Crippen molar-refractivity contribution in [3.05, 3.63) is 351 Å². The SMILES string of the molecule is CC(C)(C)c1ccc2c(c1)c1cc(C(C)(C)C)ccc1n2-c1cc2c3c(c1)N(c1c(-c4ccccc4)cccc1-c1ccccc1)c1cc(-n4c5ccc(-c6ccccc6)cc5c5cc(-c6ccccc6)ccc54)ccc1B3c1ccc(N3C4CC5CC(C4)CC3C5)cc1N2c1c(-c2ccccc2)cccc1-c1ccccc1. The molecule has 4 fully saturated rings. The van der Waals surface area contributed by atoms with Crippen molar-refractivity contribution in [2.45, 2.75) is 96.6 Å². The van der Waals surface area contributed by atoms with Crippen LogP contribution in [-0.4, -0.2) is 27.9 Å². The third-order valence-electron chi connectivity index (χ3n) is 26.0. The Hall–Kier alpha value is -12.6. The monoisotopic (exact) mass is 1450 g/mol. The van der Waals surface area contributed by atoms with E-state index in [-0.39, 0.29) is 17.5 Å². The summed E-state index contributed by atoms with van der Waals surface area (Å²) in [6.45, 7) is 13.9. The Morgan fingerprint density at radius 3 is 0.973 bits per heavy atom. The largest absolute Gasteiger partial charge is 0.365 e. The maximum Gasteiger partial charge on any atom is 0.252 e. The molecule has 0 spiro atoms. The zero-order valence-electron chi connectivity index (χ0n) is 65.0. The van der Waals surface area contributed by atoms with Gasteiger partial charge in [0.25, 0.3) is 6.71 Å². The first-order valence-corrected chi connectivity index (χ1v) is 40.9. The van der Waals surface area contributed by atoms with Crippen molar-refractivity contribution in [3.63, 3.8) is 0 Å². The molecule has 6 heteroatoms. The molecule has 0 amide bonds. The van der Waals surface area contributed by atoms with Gasteiger partial charge in [-0.3, -0.25) is 0 Å². The number of benzene rings is 15. The molecule has 17 aromatic rings. The minimum Gasteiger partial charge on any atom is -0.365 e. The second-order valence-corrected chi connectivity index (χ2v) is 34.8. The molecule has 0 atom stereocenters. The molecular weight excluding hydrogens is 1370 g/mol. The van der Waals surface area contributed by atoms with Crippen LogP contribution < -0.4 is 31.1 Å². The summed E-state index contributed by atoms with van der Waals surface area (Å²) < 4.78 is 5.20. The van der Waals surface area contributed by atoms with Gasteiger partial charge in [-0.1, -0.05) is 296 Å². The van der Waals surface area contributed by atoms with E-state index in [0.717, 1.165) is 84.9 Å². The number of fused-ring (bicyclic) bond motifs is 10. The number of hydrogen-bond donors (Lipinski definition) is 0. The van der Waals surface area contributed by atoms with Gasteiger partial charge in [-0.2, -0.15) is 0 Å². The Bertz CT molecular complexity index is 6330. The van der Waals surface area contributed by atoms with Crippen LogP contribution in [0.1, 0.15) is 84.8 Å². The van der Waals surface area contributed by atoms with Gasteiger partial charge in [-0.25, -0.2) is 0 Å². The van der Waals surface area contributed by atoms with E-state index in [1.165, 1.54) is 148 Å². The van der Waals surface area contributed by atoms with Gasteiger partial charge in [0.15, 0.2) is 0 Å². The molecule has 0 unspecified atom stereocenters. The van der Waals surface area contributed by atoms with Crippen LogP contribution in [0.15, 0.2) is 340 Å². The van der Waals surface area contributed by atoms with E-state index in [0.29, 0.717) is 12.1 Å². The normalized spacial score (nSPS) is 16.9. The van der Waals surface area contributed by atoms with E-state index in [4.69, 9.17) is 0 Å². The van der Waals surface area contributed by atoms with E-state index < -0.39 is 0 Å². The molecule has 113 heavy (non-hydrogen) atoms. The van der Waals surface area contributed by atoms with Crippen LogP contribution in [0, 0.1) is 11.8 Å². The molecule has 2 saturated carbocycles. The predicted octanol–water partition coefficient (Wildman–Crippen LogP) is 26.3. The molecule has 0 radical (unpaired) electrons. The summed E-state index contributed by atoms with van der Waals surface area (Å²) in [4.78, 5) is 8.46. The number of rotatable bonds is 11. The molecule has 2 aromatic heterocycles. The van der Waals surface area contributed by atoms with Gasteiger partial charge in [-0.05, 0) is 212 Å². The Morgan fingerprint density at radius 1 is 0.265 bits per heavy atom. The van der Waals surface area contributed by atoms with Crippen molar-refractivity contribution in [3.8, 4) is 78.1 Å². The topological polar surface area (TPSA) is 19.6 Å². The lowest BCUT2D eigenvalue weighted by Gasteiger charge is -2.57. The first-order valence-electron chi connectivity index (χ1n) is 40.9. The molecule has 0 N–H and O–H groups in total. The third-order valence-corrected chi connectivity index (χ3v) is 26.0. The lowest BCUT2D eigenvalue weighted by atomic mass is 9.33. The lowest BCUT2D eigenvalue weighted by Crippen LogP contribution is -2.62. The summed E-state index contributed by atoms with van der Waals surface area (Å²) in [5.41, 5.74) is 35.4. The quantitative estimate of drug-likeness (QED) is 0.120. The Labute approximate surface area is 663 Å². The molecule has 15 aromatic carbocycles. The predicted molar refractivity (Wildman–Crippen MR) is 479 cm³/mol. The highest BCUT2D eigenvalue weighted by atomic mass is 15.2. The fourth-order valence-corrected chi connectivity index (χ4v) is 20.9. The summed E-state index contributed by atoms with van der Waals surface area (Å²) in [7, 11) is 0. The lowest BCUT2D eigenvalue weighted by molar-refractivity contribution is 0.0900. The van der Waals surface area contributed by atoms with E-state index in [2.05, 4.69) is 405 Å². The standard InChI is InChI=1S/C107H88BN5/c1-106(2,3)78-45-53-97-91(62-78)92-63-79(107(4,5)6)46-54-98(92)111(97)84-66-101-103-102(67-84)113(105-87(74-35-21-11-22-36-74)41-26-42-88(105)75-37-23-12-24-38-75)100-65-81(110-95-51-43-76(70-27-13-7-14-28-70)60-89(95)90-61-77(44-52-96(90)110)71-29-15-8-16-30-71)48-50-94(100)108(103)93-49-47-80(109-82-56-68-55-69(58-82)59-83(109)57-68)64-99(93)112(101)104-85(72-31-17-9-18-32-72)39-25-40-86(104)73-33-19-10-20-34-73/h7-54,60-69,82-83H,55-59H2,1-6H3. The first-order chi connectivity index (χ1) is 55.3. The van der Waals surface area contributed by atoms with Crippen LogP contribution in [0.4, 0.5) is 39.8 Å². The van der Waals surface area contributed by atoms with Crippen molar-refractivity contribution in [2.75, 3.05) is 14.7 Å². The maximum absolute atomic E-state index is 2.92. The minimum absolute atomic E-state index is 0.0946. The highest BCUT2D eigenvalue weighted by molar-refractivity contribution is 7.00. The van der Waals surface area contributed by atoms with E-state index in [1.807, 2.05) is 0 Å². The molecule has 4 bridgehead atoms. The summed E-state index contributed by atoms with van der Waals surface area (Å²) >= 11 is 0. The van der Waals surface area contributed by atoms with Gasteiger partial charge in [0.1, 0.15) is 0 Å². The molecule has 2 saturated heterocycles. The number of hydrogen-bond acceptors (Lipinski definition) is 3. The van der Waals surface area contributed by atoms with Gasteiger partial charge < -0.3 is 23.8 Å². The molecule has 23 rings (SSSR count). The maximum atomic E-state index is 2.92. The van der Waals surface area contributed by atoms with Crippen LogP contribution in [0.3, 0.4) is 0 Å². The summed E-state index contributed by atoms with van der Waals surface area (Å²) in [6.07, 6.45) is 6.46. The second kappa shape index (κ2) is 26.0. The van der Waals surface area contributed by atoms with Crippen LogP contribution in [0.25, 0.3) is 122 Å². The zero-order chi connectivity index (χ0) is 75.5. The van der Waals surface area contributed by atoms with Crippen molar-refractivity contribution in [1.82, 2.24) is 9.13 Å². The molecule has 4 aliphatic heterocycles. The number of aromatic nitrogens is 2. The molecular formula is C107H88BN5. The van der Waals surface area contributed by atoms with Crippen LogP contribution in [0.2, 0.25) is 0 Å². The highest BCUT2D eigenvalue weighted by Gasteiger charge is 2.50. The van der Waals surface area contributed by atoms with Gasteiger partial charge in [0.05, 0.1) is 39.1 Å². The zero-order valence-corrected chi connectivity index (χ0v) is 65.0. The average Bonchev–Trinajstić information content (AvgIpc) is 1.30. The number of para-hydroxylation sites is 2. The molecule has 6 aliphatic rings. The van der Waals surface area contributed by atoms with E-state index >= 15 is 0 Å². The van der Waals surface area contributed by atoms with Crippen LogP contribution in [0.5, 0.6) is 0 Å². The molecule has 544 valence electrons. The number of piperidine rings is 2. The Kier molecular flexibility index (Phi) is 15.5. The Morgan fingerprint density at radius 2 is 0.593 bits per heavy atom. The number of anilines is 7. The fourth-order valence-electron chi connectivity index (χ4n) is 20.9. The van der Waals surface area contributed by atoms with Gasteiger partial charge in [0.2, 0.25) is 0 Å². The van der Waals surface area contributed by atoms with Crippen molar-refractivity contribution < 1.29 is 0 Å². The van der Waals surface area contributed by atoms with Gasteiger partial charge in [-0.15, -0.1) is 0 Å². The molecule has 5 nitrogen and oxygen atoms in total. The smallest absolute Gasteiger partial charge is 0.252 e. The van der Waals surface area contributed by atoms with E-state index in [1.54, 1.807) is 0 Å². The van der Waals surface area contributed by atoms with E-state index in [9.17, 15) is 0 Å². The summed E-state index contributed by atoms with van der Waals surface area (Å²) in [5.74, 6) is 1.61. The van der Waals surface area contributed by atoms with Crippen LogP contribution >= 0.6 is 0 Å². The van der Waals surface area contributed by atoms with Gasteiger partial charge in [0, 0.05) is 90.0 Å².